The zero-order valence-corrected chi connectivity index (χ0v) is 10.2. The second kappa shape index (κ2) is 5.35. The van der Waals surface area contributed by atoms with Gasteiger partial charge in [-0.1, -0.05) is 0 Å². The van der Waals surface area contributed by atoms with Gasteiger partial charge in [0, 0.05) is 12.6 Å². The van der Waals surface area contributed by atoms with Crippen LogP contribution in [0.5, 0.6) is 5.75 Å². The van der Waals surface area contributed by atoms with Crippen molar-refractivity contribution >= 4 is 5.91 Å². The third kappa shape index (κ3) is 2.31. The van der Waals surface area contributed by atoms with Crippen molar-refractivity contribution in [2.75, 3.05) is 20.3 Å². The number of carbonyl (C=O) groups is 1. The maximum Gasteiger partial charge on any atom is 0.257 e. The minimum Gasteiger partial charge on any atom is -0.497 e. The third-order valence-corrected chi connectivity index (χ3v) is 3.26. The Kier molecular flexibility index (Phi) is 3.81. The average molecular weight is 253 g/mol. The summed E-state index contributed by atoms with van der Waals surface area (Å²) in [4.78, 5) is 13.7. The first-order chi connectivity index (χ1) is 8.67. The molecule has 1 aliphatic heterocycles. The second-order valence-corrected chi connectivity index (χ2v) is 4.32. The first-order valence-corrected chi connectivity index (χ1v) is 5.92. The van der Waals surface area contributed by atoms with Crippen LogP contribution in [-0.4, -0.2) is 42.2 Å². The van der Waals surface area contributed by atoms with Gasteiger partial charge in [0.1, 0.15) is 11.6 Å². The van der Waals surface area contributed by atoms with Crippen LogP contribution in [0.25, 0.3) is 0 Å². The Morgan fingerprint density at radius 3 is 3.00 bits per heavy atom. The van der Waals surface area contributed by atoms with Crippen molar-refractivity contribution in [3.63, 3.8) is 0 Å². The number of benzene rings is 1. The zero-order valence-electron chi connectivity index (χ0n) is 10.2. The summed E-state index contributed by atoms with van der Waals surface area (Å²) in [5.41, 5.74) is 0.0242. The van der Waals surface area contributed by atoms with E-state index in [4.69, 9.17) is 4.74 Å². The van der Waals surface area contributed by atoms with Gasteiger partial charge in [-0.25, -0.2) is 4.39 Å². The molecule has 18 heavy (non-hydrogen) atoms. The molecule has 1 atom stereocenters. The largest absolute Gasteiger partial charge is 0.497 e. The smallest absolute Gasteiger partial charge is 0.257 e. The number of aliphatic hydroxyl groups is 1. The Labute approximate surface area is 105 Å². The van der Waals surface area contributed by atoms with E-state index in [0.717, 1.165) is 12.8 Å². The summed E-state index contributed by atoms with van der Waals surface area (Å²) in [6.45, 7) is 0.485. The molecule has 0 spiro atoms. The molecule has 1 aromatic carbocycles. The number of hydrogen-bond acceptors (Lipinski definition) is 3. The van der Waals surface area contributed by atoms with Crippen LogP contribution < -0.4 is 4.74 Å². The standard InChI is InChI=1S/C13H16FNO3/c1-18-10-4-5-11(12(14)7-10)13(17)15-6-2-3-9(15)8-16/h4-5,7,9,16H,2-3,6,8H2,1H3. The van der Waals surface area contributed by atoms with Crippen LogP contribution in [0.1, 0.15) is 23.2 Å². The molecule has 4 nitrogen and oxygen atoms in total. The number of methoxy groups -OCH3 is 1. The lowest BCUT2D eigenvalue weighted by Crippen LogP contribution is -2.38. The van der Waals surface area contributed by atoms with Crippen LogP contribution in [0.15, 0.2) is 18.2 Å². The van der Waals surface area contributed by atoms with Gasteiger partial charge in [0.05, 0.1) is 25.3 Å². The highest BCUT2D eigenvalue weighted by Crippen LogP contribution is 2.23. The number of carbonyl (C=O) groups excluding carboxylic acids is 1. The number of aliphatic hydroxyl groups excluding tert-OH is 1. The van der Waals surface area contributed by atoms with Crippen molar-refractivity contribution in [2.45, 2.75) is 18.9 Å². The predicted octanol–water partition coefficient (Wildman–Crippen LogP) is 1.43. The van der Waals surface area contributed by atoms with Gasteiger partial charge in [-0.15, -0.1) is 0 Å². The first-order valence-electron chi connectivity index (χ1n) is 5.92. The molecular weight excluding hydrogens is 237 g/mol. The van der Waals surface area contributed by atoms with Gasteiger partial charge in [0.25, 0.3) is 5.91 Å². The molecular formula is C13H16FNO3. The summed E-state index contributed by atoms with van der Waals surface area (Å²) in [5, 5.41) is 9.18. The van der Waals surface area contributed by atoms with Gasteiger partial charge in [-0.3, -0.25) is 4.79 Å². The Hall–Kier alpha value is -1.62. The van der Waals surface area contributed by atoms with Gasteiger partial charge in [0.15, 0.2) is 0 Å². The molecule has 5 heteroatoms. The van der Waals surface area contributed by atoms with Crippen molar-refractivity contribution in [3.05, 3.63) is 29.6 Å². The molecule has 1 heterocycles. The SMILES string of the molecule is COc1ccc(C(=O)N2CCCC2CO)c(F)c1. The number of halogens is 1. The maximum absolute atomic E-state index is 13.8. The summed E-state index contributed by atoms with van der Waals surface area (Å²) in [7, 11) is 1.44. The highest BCUT2D eigenvalue weighted by molar-refractivity contribution is 5.95. The van der Waals surface area contributed by atoms with Crippen molar-refractivity contribution in [1.82, 2.24) is 4.90 Å². The first kappa shape index (κ1) is 12.8. The predicted molar refractivity (Wildman–Crippen MR) is 64.1 cm³/mol. The lowest BCUT2D eigenvalue weighted by Gasteiger charge is -2.23. The van der Waals surface area contributed by atoms with E-state index >= 15 is 0 Å². The van der Waals surface area contributed by atoms with Crippen molar-refractivity contribution in [1.29, 1.82) is 0 Å². The van der Waals surface area contributed by atoms with Gasteiger partial charge in [-0.2, -0.15) is 0 Å². The maximum atomic E-state index is 13.8. The molecule has 1 aliphatic rings. The molecule has 1 amide bonds. The van der Waals surface area contributed by atoms with E-state index in [1.54, 1.807) is 6.07 Å². The molecule has 0 aromatic heterocycles. The van der Waals surface area contributed by atoms with Gasteiger partial charge >= 0.3 is 0 Å². The average Bonchev–Trinajstić information content (AvgIpc) is 2.86. The fourth-order valence-electron chi connectivity index (χ4n) is 2.24. The van der Waals surface area contributed by atoms with Gasteiger partial charge in [0.2, 0.25) is 0 Å². The molecule has 2 rings (SSSR count). The monoisotopic (exact) mass is 253 g/mol. The second-order valence-electron chi connectivity index (χ2n) is 4.32. The molecule has 0 radical (unpaired) electrons. The normalized spacial score (nSPS) is 19.1. The fraction of sp³-hybridized carbons (Fsp3) is 0.462. The topological polar surface area (TPSA) is 49.8 Å². The molecule has 0 bridgehead atoms. The van der Waals surface area contributed by atoms with E-state index in [1.807, 2.05) is 0 Å². The Bertz CT molecular complexity index is 450. The number of hydrogen-bond donors (Lipinski definition) is 1. The summed E-state index contributed by atoms with van der Waals surface area (Å²) in [6, 6.07) is 3.97. The number of ether oxygens (including phenoxy) is 1. The lowest BCUT2D eigenvalue weighted by molar-refractivity contribution is 0.0673. The summed E-state index contributed by atoms with van der Waals surface area (Å²) >= 11 is 0. The molecule has 1 aromatic rings. The minimum absolute atomic E-state index is 0.0242. The minimum atomic E-state index is -0.595. The Morgan fingerprint density at radius 2 is 2.39 bits per heavy atom. The van der Waals surface area contributed by atoms with Crippen molar-refractivity contribution < 1.29 is 19.0 Å². The van der Waals surface area contributed by atoms with E-state index < -0.39 is 5.82 Å². The van der Waals surface area contributed by atoms with E-state index in [1.165, 1.54) is 24.1 Å². The quantitative estimate of drug-likeness (QED) is 0.886. The molecule has 1 N–H and O–H groups in total. The molecule has 0 aliphatic carbocycles. The van der Waals surface area contributed by atoms with E-state index in [2.05, 4.69) is 0 Å². The van der Waals surface area contributed by atoms with E-state index in [-0.39, 0.29) is 24.1 Å². The zero-order chi connectivity index (χ0) is 13.1. The van der Waals surface area contributed by atoms with E-state index in [0.29, 0.717) is 12.3 Å². The Morgan fingerprint density at radius 1 is 1.61 bits per heavy atom. The number of nitrogens with zero attached hydrogens (tertiary/aromatic N) is 1. The number of rotatable bonds is 3. The lowest BCUT2D eigenvalue weighted by atomic mass is 10.1. The van der Waals surface area contributed by atoms with Crippen LogP contribution in [-0.2, 0) is 0 Å². The molecule has 1 fully saturated rings. The number of likely N-dealkylation sites (tertiary alicyclic amines) is 1. The van der Waals surface area contributed by atoms with Crippen LogP contribution in [0, 0.1) is 5.82 Å². The summed E-state index contributed by atoms with van der Waals surface area (Å²) in [6.07, 6.45) is 1.61. The van der Waals surface area contributed by atoms with Crippen LogP contribution in [0.2, 0.25) is 0 Å². The molecule has 98 valence electrons. The summed E-state index contributed by atoms with van der Waals surface area (Å²) < 4.78 is 18.7. The van der Waals surface area contributed by atoms with Crippen molar-refractivity contribution in [2.24, 2.45) is 0 Å². The van der Waals surface area contributed by atoms with Crippen molar-refractivity contribution in [3.8, 4) is 5.75 Å². The Balaban J connectivity index is 2.23. The van der Waals surface area contributed by atoms with Crippen LogP contribution in [0.4, 0.5) is 4.39 Å². The van der Waals surface area contributed by atoms with Crippen LogP contribution >= 0.6 is 0 Å². The van der Waals surface area contributed by atoms with Crippen LogP contribution in [0.3, 0.4) is 0 Å². The highest BCUT2D eigenvalue weighted by Gasteiger charge is 2.30. The third-order valence-electron chi connectivity index (χ3n) is 3.26. The van der Waals surface area contributed by atoms with E-state index in [9.17, 15) is 14.3 Å². The fourth-order valence-corrected chi connectivity index (χ4v) is 2.24. The molecule has 1 unspecified atom stereocenters. The highest BCUT2D eigenvalue weighted by atomic mass is 19.1. The number of amides is 1. The summed E-state index contributed by atoms with van der Waals surface area (Å²) in [5.74, 6) is -0.584. The van der Waals surface area contributed by atoms with Gasteiger partial charge < -0.3 is 14.7 Å². The molecule has 1 saturated heterocycles. The van der Waals surface area contributed by atoms with Gasteiger partial charge in [-0.05, 0) is 25.0 Å². The molecule has 0 saturated carbocycles.